The molecule has 0 saturated carbocycles. The third-order valence-corrected chi connectivity index (χ3v) is 2.76. The number of hydrogen-bond donors (Lipinski definition) is 2. The van der Waals surface area contributed by atoms with E-state index in [0.717, 1.165) is 18.7 Å². The van der Waals surface area contributed by atoms with E-state index in [1.165, 1.54) is 5.56 Å². The SMILES string of the molecule is CCNC(=O)COc1ccc(CC(C)NCC)cc1. The van der Waals surface area contributed by atoms with Gasteiger partial charge in [-0.25, -0.2) is 0 Å². The quantitative estimate of drug-likeness (QED) is 0.752. The molecule has 0 saturated heterocycles. The summed E-state index contributed by atoms with van der Waals surface area (Å²) in [5.41, 5.74) is 1.26. The number of carbonyl (C=O) groups is 1. The first-order chi connectivity index (χ1) is 9.15. The Morgan fingerprint density at radius 2 is 1.89 bits per heavy atom. The van der Waals surface area contributed by atoms with E-state index >= 15 is 0 Å². The number of amides is 1. The van der Waals surface area contributed by atoms with Crippen molar-refractivity contribution in [3.8, 4) is 5.75 Å². The van der Waals surface area contributed by atoms with Crippen LogP contribution >= 0.6 is 0 Å². The van der Waals surface area contributed by atoms with Gasteiger partial charge in [-0.15, -0.1) is 0 Å². The van der Waals surface area contributed by atoms with Gasteiger partial charge in [-0.05, 0) is 44.5 Å². The summed E-state index contributed by atoms with van der Waals surface area (Å²) in [4.78, 5) is 11.3. The van der Waals surface area contributed by atoms with Crippen molar-refractivity contribution in [2.24, 2.45) is 0 Å². The molecule has 0 spiro atoms. The van der Waals surface area contributed by atoms with Crippen LogP contribution in [0.1, 0.15) is 26.3 Å². The molecule has 0 fully saturated rings. The van der Waals surface area contributed by atoms with Crippen molar-refractivity contribution in [3.05, 3.63) is 29.8 Å². The van der Waals surface area contributed by atoms with Gasteiger partial charge in [-0.2, -0.15) is 0 Å². The minimum absolute atomic E-state index is 0.0704. The average Bonchev–Trinajstić information content (AvgIpc) is 2.38. The third-order valence-electron chi connectivity index (χ3n) is 2.76. The molecule has 1 aromatic carbocycles. The molecule has 2 N–H and O–H groups in total. The molecule has 4 heteroatoms. The van der Waals surface area contributed by atoms with Crippen LogP contribution in [0.4, 0.5) is 0 Å². The molecule has 0 aromatic heterocycles. The number of hydrogen-bond acceptors (Lipinski definition) is 3. The van der Waals surface area contributed by atoms with E-state index in [1.54, 1.807) is 0 Å². The van der Waals surface area contributed by atoms with Crippen LogP contribution in [0.15, 0.2) is 24.3 Å². The first kappa shape index (κ1) is 15.5. The van der Waals surface area contributed by atoms with Crippen molar-refractivity contribution in [2.75, 3.05) is 19.7 Å². The number of ether oxygens (including phenoxy) is 1. The van der Waals surface area contributed by atoms with Crippen molar-refractivity contribution < 1.29 is 9.53 Å². The van der Waals surface area contributed by atoms with Crippen molar-refractivity contribution in [3.63, 3.8) is 0 Å². The maximum Gasteiger partial charge on any atom is 0.257 e. The molecular formula is C15H24N2O2. The smallest absolute Gasteiger partial charge is 0.257 e. The van der Waals surface area contributed by atoms with Gasteiger partial charge in [-0.3, -0.25) is 4.79 Å². The maximum atomic E-state index is 11.3. The lowest BCUT2D eigenvalue weighted by atomic mass is 10.1. The van der Waals surface area contributed by atoms with E-state index in [-0.39, 0.29) is 12.5 Å². The topological polar surface area (TPSA) is 50.4 Å². The van der Waals surface area contributed by atoms with Gasteiger partial charge in [0.1, 0.15) is 5.75 Å². The molecule has 0 radical (unpaired) electrons. The minimum Gasteiger partial charge on any atom is -0.484 e. The Morgan fingerprint density at radius 1 is 1.21 bits per heavy atom. The Kier molecular flexibility index (Phi) is 6.97. The summed E-state index contributed by atoms with van der Waals surface area (Å²) in [5, 5.41) is 6.07. The number of likely N-dealkylation sites (N-methyl/N-ethyl adjacent to an activating group) is 2. The lowest BCUT2D eigenvalue weighted by Crippen LogP contribution is -2.28. The molecule has 1 aromatic rings. The molecule has 106 valence electrons. The monoisotopic (exact) mass is 264 g/mol. The van der Waals surface area contributed by atoms with Crippen LogP contribution < -0.4 is 15.4 Å². The van der Waals surface area contributed by atoms with Crippen molar-refractivity contribution in [2.45, 2.75) is 33.2 Å². The van der Waals surface area contributed by atoms with Crippen LogP contribution in [0.2, 0.25) is 0 Å². The second-order valence-electron chi connectivity index (χ2n) is 4.55. The summed E-state index contributed by atoms with van der Waals surface area (Å²) in [5.74, 6) is 0.637. The van der Waals surface area contributed by atoms with Crippen LogP contribution in [0, 0.1) is 0 Å². The maximum absolute atomic E-state index is 11.3. The van der Waals surface area contributed by atoms with Crippen molar-refractivity contribution >= 4 is 5.91 Å². The fourth-order valence-electron chi connectivity index (χ4n) is 1.89. The lowest BCUT2D eigenvalue weighted by Gasteiger charge is -2.12. The molecule has 0 heterocycles. The minimum atomic E-state index is -0.0904. The average molecular weight is 264 g/mol. The Bertz CT molecular complexity index is 376. The number of benzene rings is 1. The zero-order chi connectivity index (χ0) is 14.1. The van der Waals surface area contributed by atoms with Gasteiger partial charge in [0.2, 0.25) is 0 Å². The molecule has 0 aliphatic heterocycles. The van der Waals surface area contributed by atoms with E-state index in [4.69, 9.17) is 4.74 Å². The van der Waals surface area contributed by atoms with Gasteiger partial charge in [0.05, 0.1) is 0 Å². The summed E-state index contributed by atoms with van der Waals surface area (Å²) >= 11 is 0. The lowest BCUT2D eigenvalue weighted by molar-refractivity contribution is -0.122. The Morgan fingerprint density at radius 3 is 2.47 bits per heavy atom. The van der Waals surface area contributed by atoms with E-state index in [1.807, 2.05) is 31.2 Å². The van der Waals surface area contributed by atoms with E-state index < -0.39 is 0 Å². The van der Waals surface area contributed by atoms with Gasteiger partial charge < -0.3 is 15.4 Å². The second-order valence-corrected chi connectivity index (χ2v) is 4.55. The zero-order valence-electron chi connectivity index (χ0n) is 12.0. The highest BCUT2D eigenvalue weighted by molar-refractivity contribution is 5.77. The zero-order valence-corrected chi connectivity index (χ0v) is 12.0. The molecule has 0 bridgehead atoms. The second kappa shape index (κ2) is 8.53. The van der Waals surface area contributed by atoms with Gasteiger partial charge in [-0.1, -0.05) is 19.1 Å². The highest BCUT2D eigenvalue weighted by Crippen LogP contribution is 2.13. The number of rotatable bonds is 8. The molecule has 0 aliphatic rings. The van der Waals surface area contributed by atoms with Gasteiger partial charge in [0.25, 0.3) is 5.91 Å². The first-order valence-corrected chi connectivity index (χ1v) is 6.87. The van der Waals surface area contributed by atoms with Crippen LogP contribution in [0.5, 0.6) is 5.75 Å². The van der Waals surface area contributed by atoms with Crippen LogP contribution in [0.25, 0.3) is 0 Å². The molecule has 1 amide bonds. The summed E-state index contributed by atoms with van der Waals surface area (Å²) in [7, 11) is 0. The van der Waals surface area contributed by atoms with E-state index in [2.05, 4.69) is 24.5 Å². The van der Waals surface area contributed by atoms with Gasteiger partial charge in [0.15, 0.2) is 6.61 Å². The molecule has 4 nitrogen and oxygen atoms in total. The normalized spacial score (nSPS) is 11.9. The predicted molar refractivity (Wildman–Crippen MR) is 77.5 cm³/mol. The summed E-state index contributed by atoms with van der Waals surface area (Å²) in [6.07, 6.45) is 0.991. The van der Waals surface area contributed by atoms with Crippen molar-refractivity contribution in [1.29, 1.82) is 0 Å². The predicted octanol–water partition coefficient (Wildman–Crippen LogP) is 1.74. The molecule has 19 heavy (non-hydrogen) atoms. The fraction of sp³-hybridized carbons (Fsp3) is 0.533. The van der Waals surface area contributed by atoms with Crippen LogP contribution in [0.3, 0.4) is 0 Å². The molecule has 1 atom stereocenters. The largest absolute Gasteiger partial charge is 0.484 e. The van der Waals surface area contributed by atoms with Gasteiger partial charge >= 0.3 is 0 Å². The Balaban J connectivity index is 2.41. The van der Waals surface area contributed by atoms with E-state index in [9.17, 15) is 4.79 Å². The molecular weight excluding hydrogens is 240 g/mol. The molecule has 0 aliphatic carbocycles. The van der Waals surface area contributed by atoms with Crippen molar-refractivity contribution in [1.82, 2.24) is 10.6 Å². The third kappa shape index (κ3) is 6.25. The Labute approximate surface area is 115 Å². The Hall–Kier alpha value is -1.55. The van der Waals surface area contributed by atoms with Crippen LogP contribution in [-0.2, 0) is 11.2 Å². The number of carbonyl (C=O) groups excluding carboxylic acids is 1. The molecule has 1 unspecified atom stereocenters. The number of nitrogens with one attached hydrogen (secondary N) is 2. The summed E-state index contributed by atoms with van der Waals surface area (Å²) < 4.78 is 5.40. The van der Waals surface area contributed by atoms with E-state index in [0.29, 0.717) is 12.6 Å². The highest BCUT2D eigenvalue weighted by Gasteiger charge is 2.03. The van der Waals surface area contributed by atoms with Crippen LogP contribution in [-0.4, -0.2) is 31.6 Å². The summed E-state index contributed by atoms with van der Waals surface area (Å²) in [6, 6.07) is 8.37. The van der Waals surface area contributed by atoms with Gasteiger partial charge in [0, 0.05) is 12.6 Å². The molecule has 1 rings (SSSR count). The standard InChI is InChI=1S/C15H24N2O2/c1-4-16-12(3)10-13-6-8-14(9-7-13)19-11-15(18)17-5-2/h6-9,12,16H,4-5,10-11H2,1-3H3,(H,17,18). The highest BCUT2D eigenvalue weighted by atomic mass is 16.5. The first-order valence-electron chi connectivity index (χ1n) is 6.87. The summed E-state index contributed by atoms with van der Waals surface area (Å²) in [6.45, 7) is 7.84. The fourth-order valence-corrected chi connectivity index (χ4v) is 1.89.